The summed E-state index contributed by atoms with van der Waals surface area (Å²) in [4.78, 5) is 11.6. The molecular formula is C12H12BrFO. The van der Waals surface area contributed by atoms with Gasteiger partial charge in [-0.2, -0.15) is 0 Å². The van der Waals surface area contributed by atoms with Crippen molar-refractivity contribution < 1.29 is 9.18 Å². The first-order valence-electron chi connectivity index (χ1n) is 5.11. The van der Waals surface area contributed by atoms with Gasteiger partial charge in [-0.1, -0.05) is 28.1 Å². The van der Waals surface area contributed by atoms with E-state index in [1.165, 1.54) is 0 Å². The molecule has 0 aromatic heterocycles. The van der Waals surface area contributed by atoms with Gasteiger partial charge in [0.15, 0.2) is 11.5 Å². The highest BCUT2D eigenvalue weighted by atomic mass is 79.9. The van der Waals surface area contributed by atoms with Gasteiger partial charge < -0.3 is 0 Å². The van der Waals surface area contributed by atoms with Crippen LogP contribution in [-0.4, -0.2) is 5.78 Å². The quantitative estimate of drug-likeness (QED) is 0.760. The van der Waals surface area contributed by atoms with Gasteiger partial charge in [0, 0.05) is 10.9 Å². The van der Waals surface area contributed by atoms with E-state index in [0.29, 0.717) is 18.4 Å². The van der Waals surface area contributed by atoms with E-state index >= 15 is 0 Å². The van der Waals surface area contributed by atoms with Crippen LogP contribution in [0.15, 0.2) is 28.7 Å². The minimum absolute atomic E-state index is 0.271. The first-order chi connectivity index (χ1) is 7.13. The lowest BCUT2D eigenvalue weighted by Gasteiger charge is -2.28. The molecule has 1 aliphatic carbocycles. The number of alkyl halides is 1. The Labute approximate surface area is 96.8 Å². The maximum absolute atomic E-state index is 14.5. The molecule has 0 aliphatic heterocycles. The first-order valence-corrected chi connectivity index (χ1v) is 5.90. The van der Waals surface area contributed by atoms with Crippen LogP contribution in [0.4, 0.5) is 4.39 Å². The molecule has 1 atom stereocenters. The van der Waals surface area contributed by atoms with Gasteiger partial charge >= 0.3 is 0 Å². The molecule has 2 rings (SSSR count). The van der Waals surface area contributed by atoms with Crippen LogP contribution in [-0.2, 0) is 10.5 Å². The predicted molar refractivity (Wildman–Crippen MR) is 60.4 cm³/mol. The van der Waals surface area contributed by atoms with Gasteiger partial charge in [0.1, 0.15) is 0 Å². The second-order valence-electron chi connectivity index (χ2n) is 3.94. The van der Waals surface area contributed by atoms with E-state index in [-0.39, 0.29) is 5.78 Å². The summed E-state index contributed by atoms with van der Waals surface area (Å²) < 4.78 is 15.3. The molecular weight excluding hydrogens is 259 g/mol. The molecule has 0 amide bonds. The number of ketones is 1. The van der Waals surface area contributed by atoms with Gasteiger partial charge in [0.05, 0.1) is 0 Å². The van der Waals surface area contributed by atoms with Crippen LogP contribution >= 0.6 is 15.9 Å². The van der Waals surface area contributed by atoms with Crippen LogP contribution in [0, 0.1) is 0 Å². The Bertz CT molecular complexity index is 391. The number of Topliss-reactive ketones (excluding diaryl/α,β-unsaturated/α-hetero) is 1. The predicted octanol–water partition coefficient (Wildman–Crippen LogP) is 3.76. The number of hydrogen-bond acceptors (Lipinski definition) is 1. The third kappa shape index (κ3) is 1.98. The topological polar surface area (TPSA) is 17.1 Å². The average Bonchev–Trinajstić information content (AvgIpc) is 2.23. The van der Waals surface area contributed by atoms with E-state index in [0.717, 1.165) is 17.3 Å². The highest BCUT2D eigenvalue weighted by molar-refractivity contribution is 9.10. The molecule has 0 unspecified atom stereocenters. The minimum Gasteiger partial charge on any atom is -0.296 e. The summed E-state index contributed by atoms with van der Waals surface area (Å²) in [6.07, 6.45) is 2.29. The van der Waals surface area contributed by atoms with Crippen LogP contribution in [0.3, 0.4) is 0 Å². The Morgan fingerprint density at radius 3 is 2.80 bits per heavy atom. The zero-order valence-corrected chi connectivity index (χ0v) is 9.89. The van der Waals surface area contributed by atoms with E-state index in [1.54, 1.807) is 18.2 Å². The maximum atomic E-state index is 14.5. The van der Waals surface area contributed by atoms with Crippen molar-refractivity contribution in [2.45, 2.75) is 31.4 Å². The van der Waals surface area contributed by atoms with Gasteiger partial charge in [-0.3, -0.25) is 4.79 Å². The molecule has 1 fully saturated rings. The lowest BCUT2D eigenvalue weighted by Crippen LogP contribution is -2.34. The summed E-state index contributed by atoms with van der Waals surface area (Å²) >= 11 is 3.29. The molecule has 1 aliphatic rings. The highest BCUT2D eigenvalue weighted by Gasteiger charge is 2.41. The van der Waals surface area contributed by atoms with Gasteiger partial charge in [0.25, 0.3) is 0 Å². The van der Waals surface area contributed by atoms with Crippen LogP contribution in [0.25, 0.3) is 0 Å². The first kappa shape index (κ1) is 10.8. The van der Waals surface area contributed by atoms with Crippen LogP contribution in [0.1, 0.15) is 31.2 Å². The Morgan fingerprint density at radius 2 is 2.13 bits per heavy atom. The van der Waals surface area contributed by atoms with E-state index in [4.69, 9.17) is 0 Å². The number of carbonyl (C=O) groups is 1. The highest BCUT2D eigenvalue weighted by Crippen LogP contribution is 2.38. The molecule has 3 heteroatoms. The third-order valence-corrected chi connectivity index (χ3v) is 3.39. The van der Waals surface area contributed by atoms with Crippen molar-refractivity contribution in [2.75, 3.05) is 0 Å². The summed E-state index contributed by atoms with van der Waals surface area (Å²) in [7, 11) is 0. The summed E-state index contributed by atoms with van der Waals surface area (Å²) in [6, 6.07) is 6.99. The van der Waals surface area contributed by atoms with Crippen molar-refractivity contribution in [1.29, 1.82) is 0 Å². The smallest absolute Gasteiger partial charge is 0.193 e. The molecule has 1 nitrogen and oxygen atoms in total. The number of carbonyl (C=O) groups excluding carboxylic acids is 1. The normalized spacial score (nSPS) is 26.7. The van der Waals surface area contributed by atoms with Crippen molar-refractivity contribution in [3.63, 3.8) is 0 Å². The minimum atomic E-state index is -1.75. The molecule has 0 saturated heterocycles. The monoisotopic (exact) mass is 270 g/mol. The van der Waals surface area contributed by atoms with Crippen molar-refractivity contribution >= 4 is 21.7 Å². The average molecular weight is 271 g/mol. The van der Waals surface area contributed by atoms with Gasteiger partial charge in [-0.05, 0) is 37.0 Å². The lowest BCUT2D eigenvalue weighted by atomic mass is 9.80. The number of hydrogen-bond donors (Lipinski definition) is 0. The molecule has 80 valence electrons. The van der Waals surface area contributed by atoms with E-state index in [1.807, 2.05) is 6.07 Å². The van der Waals surface area contributed by atoms with Crippen LogP contribution in [0.2, 0.25) is 0 Å². The summed E-state index contributed by atoms with van der Waals surface area (Å²) in [6.45, 7) is 0. The Morgan fingerprint density at radius 1 is 1.33 bits per heavy atom. The zero-order chi connectivity index (χ0) is 10.9. The lowest BCUT2D eigenvalue weighted by molar-refractivity contribution is -0.134. The molecule has 0 heterocycles. The number of benzene rings is 1. The number of halogens is 2. The van der Waals surface area contributed by atoms with Crippen molar-refractivity contribution in [3.05, 3.63) is 34.3 Å². The molecule has 0 bridgehead atoms. The largest absolute Gasteiger partial charge is 0.296 e. The fraction of sp³-hybridized carbons (Fsp3) is 0.417. The second-order valence-corrected chi connectivity index (χ2v) is 4.86. The summed E-state index contributed by atoms with van der Waals surface area (Å²) in [5, 5.41) is 0. The van der Waals surface area contributed by atoms with Gasteiger partial charge in [-0.25, -0.2) is 4.39 Å². The summed E-state index contributed by atoms with van der Waals surface area (Å²) in [5.74, 6) is -0.271. The number of rotatable bonds is 1. The van der Waals surface area contributed by atoms with E-state index in [2.05, 4.69) is 15.9 Å². The Kier molecular flexibility index (Phi) is 2.91. The zero-order valence-electron chi connectivity index (χ0n) is 8.30. The Balaban J connectivity index is 2.39. The van der Waals surface area contributed by atoms with Crippen molar-refractivity contribution in [1.82, 2.24) is 0 Å². The molecule has 0 radical (unpaired) electrons. The molecule has 1 aromatic carbocycles. The Hall–Kier alpha value is -0.700. The van der Waals surface area contributed by atoms with E-state index < -0.39 is 5.67 Å². The molecule has 1 aromatic rings. The maximum Gasteiger partial charge on any atom is 0.193 e. The molecule has 0 N–H and O–H groups in total. The van der Waals surface area contributed by atoms with E-state index in [9.17, 15) is 9.18 Å². The summed E-state index contributed by atoms with van der Waals surface area (Å²) in [5.41, 5.74) is -1.26. The standard InChI is InChI=1S/C12H12BrFO/c13-10-5-3-4-9(8-10)12(14)7-2-1-6-11(12)15/h3-5,8H,1-2,6-7H2/t12-/m1/s1. The second kappa shape index (κ2) is 4.05. The fourth-order valence-corrected chi connectivity index (χ4v) is 2.43. The van der Waals surface area contributed by atoms with Crippen LogP contribution < -0.4 is 0 Å². The van der Waals surface area contributed by atoms with Crippen molar-refractivity contribution in [3.8, 4) is 0 Å². The molecule has 15 heavy (non-hydrogen) atoms. The molecule has 1 saturated carbocycles. The molecule has 0 spiro atoms. The SMILES string of the molecule is O=C1CCCC[C@@]1(F)c1cccc(Br)c1. The van der Waals surface area contributed by atoms with Gasteiger partial charge in [0.2, 0.25) is 0 Å². The van der Waals surface area contributed by atoms with Crippen molar-refractivity contribution in [2.24, 2.45) is 0 Å². The van der Waals surface area contributed by atoms with Crippen LogP contribution in [0.5, 0.6) is 0 Å². The third-order valence-electron chi connectivity index (χ3n) is 2.90. The fourth-order valence-electron chi connectivity index (χ4n) is 2.03. The van der Waals surface area contributed by atoms with Gasteiger partial charge in [-0.15, -0.1) is 0 Å².